The van der Waals surface area contributed by atoms with Gasteiger partial charge in [0, 0.05) is 30.5 Å². The van der Waals surface area contributed by atoms with Crippen molar-refractivity contribution in [3.63, 3.8) is 0 Å². The number of unbranched alkanes of at least 4 members (excludes halogenated alkanes) is 1. The Kier molecular flexibility index (Phi) is 12.8. The zero-order chi connectivity index (χ0) is 19.5. The molecule has 0 aromatic heterocycles. The van der Waals surface area contributed by atoms with Gasteiger partial charge in [-0.3, -0.25) is 4.90 Å². The van der Waals surface area contributed by atoms with E-state index in [2.05, 4.69) is 52.6 Å². The van der Waals surface area contributed by atoms with Gasteiger partial charge in [-0.15, -0.1) is 0 Å². The van der Waals surface area contributed by atoms with E-state index >= 15 is 0 Å². The number of nitrogens with zero attached hydrogens (tertiary/aromatic N) is 1. The molecule has 152 valence electrons. The summed E-state index contributed by atoms with van der Waals surface area (Å²) in [6.45, 7) is 23.7. The van der Waals surface area contributed by atoms with Gasteiger partial charge >= 0.3 is 8.80 Å². The predicted molar refractivity (Wildman–Crippen MR) is 114 cm³/mol. The second kappa shape index (κ2) is 12.6. The van der Waals surface area contributed by atoms with Crippen LogP contribution in [0.4, 0.5) is 0 Å². The molecule has 0 aromatic carbocycles. The standard InChI is InChI=1S/C19H45NO3Si2/c1-10-13-15-20(19(5,6)7)16-14-17-25(21-11-2,22-12-3)23-18(4)24(8)9/h18,24H,10-17H2,1-9H3. The smallest absolute Gasteiger partial charge is 0.374 e. The molecule has 4 nitrogen and oxygen atoms in total. The zero-order valence-electron chi connectivity index (χ0n) is 18.5. The molecule has 6 heteroatoms. The quantitative estimate of drug-likeness (QED) is 0.401. The lowest BCUT2D eigenvalue weighted by Crippen LogP contribution is -2.51. The maximum atomic E-state index is 6.47. The third-order valence-electron chi connectivity index (χ3n) is 4.67. The summed E-state index contributed by atoms with van der Waals surface area (Å²) in [5, 5.41) is 0. The lowest BCUT2D eigenvalue weighted by molar-refractivity contribution is 0.0560. The van der Waals surface area contributed by atoms with Crippen molar-refractivity contribution < 1.29 is 13.3 Å². The van der Waals surface area contributed by atoms with Crippen LogP contribution in [0.5, 0.6) is 0 Å². The Morgan fingerprint density at radius 2 is 1.48 bits per heavy atom. The van der Waals surface area contributed by atoms with Crippen molar-refractivity contribution in [2.24, 2.45) is 0 Å². The van der Waals surface area contributed by atoms with Gasteiger partial charge in [0.05, 0.1) is 8.80 Å². The summed E-state index contributed by atoms with van der Waals surface area (Å²) in [4.78, 5) is 2.59. The average molecular weight is 392 g/mol. The molecule has 1 atom stereocenters. The van der Waals surface area contributed by atoms with Crippen LogP contribution in [0.3, 0.4) is 0 Å². The summed E-state index contributed by atoms with van der Waals surface area (Å²) in [5.41, 5.74) is 0.499. The largest absolute Gasteiger partial charge is 0.500 e. The van der Waals surface area contributed by atoms with Crippen molar-refractivity contribution in [3.05, 3.63) is 0 Å². The third-order valence-corrected chi connectivity index (χ3v) is 10.1. The van der Waals surface area contributed by atoms with Crippen LogP contribution >= 0.6 is 0 Å². The van der Waals surface area contributed by atoms with Crippen molar-refractivity contribution in [2.75, 3.05) is 26.3 Å². The Bertz CT molecular complexity index is 329. The first-order valence-corrected chi connectivity index (χ1v) is 15.2. The van der Waals surface area contributed by atoms with E-state index in [9.17, 15) is 0 Å². The van der Waals surface area contributed by atoms with Crippen LogP contribution in [0.1, 0.15) is 67.7 Å². The van der Waals surface area contributed by atoms with Gasteiger partial charge in [0.15, 0.2) is 0 Å². The molecular formula is C19H45NO3Si2. The monoisotopic (exact) mass is 391 g/mol. The number of hydrogen-bond donors (Lipinski definition) is 0. The van der Waals surface area contributed by atoms with Gasteiger partial charge in [0.2, 0.25) is 0 Å². The summed E-state index contributed by atoms with van der Waals surface area (Å²) in [6, 6.07) is 0.916. The molecule has 0 aliphatic heterocycles. The van der Waals surface area contributed by atoms with Gasteiger partial charge in [0.25, 0.3) is 0 Å². The van der Waals surface area contributed by atoms with Gasteiger partial charge in [-0.05, 0) is 67.5 Å². The second-order valence-electron chi connectivity index (χ2n) is 8.23. The van der Waals surface area contributed by atoms with Gasteiger partial charge < -0.3 is 13.3 Å². The fourth-order valence-corrected chi connectivity index (χ4v) is 7.16. The minimum Gasteiger partial charge on any atom is -0.374 e. The fraction of sp³-hybridized carbons (Fsp3) is 1.00. The Hall–Kier alpha value is 0.274. The van der Waals surface area contributed by atoms with E-state index in [1.54, 1.807) is 0 Å². The molecule has 0 heterocycles. The van der Waals surface area contributed by atoms with Crippen molar-refractivity contribution in [1.82, 2.24) is 4.90 Å². The molecule has 0 aliphatic carbocycles. The zero-order valence-corrected chi connectivity index (χ0v) is 20.6. The van der Waals surface area contributed by atoms with Crippen LogP contribution in [0.2, 0.25) is 19.1 Å². The highest BCUT2D eigenvalue weighted by molar-refractivity contribution is 6.63. The number of hydrogen-bond acceptors (Lipinski definition) is 4. The molecular weight excluding hydrogens is 346 g/mol. The normalized spacial score (nSPS) is 14.5. The van der Waals surface area contributed by atoms with Crippen LogP contribution in [-0.2, 0) is 13.3 Å². The molecule has 0 spiro atoms. The molecule has 0 aromatic rings. The van der Waals surface area contributed by atoms with Gasteiger partial charge in [-0.1, -0.05) is 26.4 Å². The van der Waals surface area contributed by atoms with E-state index in [1.165, 1.54) is 12.8 Å². The highest BCUT2D eigenvalue weighted by Gasteiger charge is 2.42. The molecule has 0 fully saturated rings. The van der Waals surface area contributed by atoms with E-state index in [4.69, 9.17) is 13.3 Å². The molecule has 1 unspecified atom stereocenters. The predicted octanol–water partition coefficient (Wildman–Crippen LogP) is 4.72. The molecule has 0 rings (SSSR count). The van der Waals surface area contributed by atoms with E-state index < -0.39 is 17.6 Å². The van der Waals surface area contributed by atoms with Crippen LogP contribution in [0.25, 0.3) is 0 Å². The van der Waals surface area contributed by atoms with Crippen molar-refractivity contribution in [2.45, 2.75) is 98.1 Å². The van der Waals surface area contributed by atoms with Gasteiger partial charge in [-0.25, -0.2) is 0 Å². The molecule has 25 heavy (non-hydrogen) atoms. The van der Waals surface area contributed by atoms with E-state index in [1.807, 2.05) is 13.8 Å². The summed E-state index contributed by atoms with van der Waals surface area (Å²) in [6.07, 6.45) is 3.56. The first kappa shape index (κ1) is 25.3. The SMILES string of the molecule is CCCCN(CCC[Si](OCC)(OCC)OC(C)[SiH](C)C)C(C)(C)C. The highest BCUT2D eigenvalue weighted by atomic mass is 28.4. The molecule has 0 saturated carbocycles. The molecule has 0 amide bonds. The molecule has 0 bridgehead atoms. The first-order valence-electron chi connectivity index (χ1n) is 10.3. The molecule has 0 saturated heterocycles. The lowest BCUT2D eigenvalue weighted by atomic mass is 10.1. The Labute approximate surface area is 160 Å². The summed E-state index contributed by atoms with van der Waals surface area (Å²) in [5.74, 6) is 0. The van der Waals surface area contributed by atoms with E-state index in [0.29, 0.717) is 18.9 Å². The van der Waals surface area contributed by atoms with E-state index in [0.717, 1.165) is 25.6 Å². The minimum absolute atomic E-state index is 0.204. The van der Waals surface area contributed by atoms with Gasteiger partial charge in [-0.2, -0.15) is 0 Å². The summed E-state index contributed by atoms with van der Waals surface area (Å²) < 4.78 is 18.7. The van der Waals surface area contributed by atoms with Crippen molar-refractivity contribution in [3.8, 4) is 0 Å². The molecule has 0 radical (unpaired) electrons. The number of rotatable bonds is 14. The second-order valence-corrected chi connectivity index (χ2v) is 14.3. The summed E-state index contributed by atoms with van der Waals surface area (Å²) in [7, 11) is -3.44. The Morgan fingerprint density at radius 3 is 1.88 bits per heavy atom. The Morgan fingerprint density at radius 1 is 0.960 bits per heavy atom. The maximum absolute atomic E-state index is 6.47. The van der Waals surface area contributed by atoms with Gasteiger partial charge in [0.1, 0.15) is 0 Å². The highest BCUT2D eigenvalue weighted by Crippen LogP contribution is 2.23. The Balaban J connectivity index is 4.92. The van der Waals surface area contributed by atoms with Crippen molar-refractivity contribution in [1.29, 1.82) is 0 Å². The third kappa shape index (κ3) is 10.3. The minimum atomic E-state index is -2.57. The van der Waals surface area contributed by atoms with Crippen LogP contribution in [-0.4, -0.2) is 60.1 Å². The lowest BCUT2D eigenvalue weighted by Gasteiger charge is -2.37. The van der Waals surface area contributed by atoms with Crippen LogP contribution in [0.15, 0.2) is 0 Å². The van der Waals surface area contributed by atoms with Crippen molar-refractivity contribution >= 4 is 17.6 Å². The maximum Gasteiger partial charge on any atom is 0.500 e. The van der Waals surface area contributed by atoms with E-state index in [-0.39, 0.29) is 5.54 Å². The fourth-order valence-electron chi connectivity index (χ4n) is 2.79. The van der Waals surface area contributed by atoms with Crippen LogP contribution < -0.4 is 0 Å². The summed E-state index contributed by atoms with van der Waals surface area (Å²) >= 11 is 0. The van der Waals surface area contributed by atoms with Crippen LogP contribution in [0, 0.1) is 0 Å². The first-order chi connectivity index (χ1) is 11.6. The average Bonchev–Trinajstić information content (AvgIpc) is 2.49. The molecule has 0 N–H and O–H groups in total. The molecule has 0 aliphatic rings. The topological polar surface area (TPSA) is 30.9 Å².